The molecule has 0 saturated heterocycles. The Morgan fingerprint density at radius 1 is 1.60 bits per heavy atom. The normalized spacial score (nSPS) is 12.2. The van der Waals surface area contributed by atoms with E-state index >= 15 is 0 Å². The van der Waals surface area contributed by atoms with Crippen molar-refractivity contribution >= 4 is 24.3 Å². The van der Waals surface area contributed by atoms with Crippen LogP contribution >= 0.6 is 12.6 Å². The lowest BCUT2D eigenvalue weighted by molar-refractivity contribution is -0.120. The number of primary amides is 1. The van der Waals surface area contributed by atoms with E-state index in [1.165, 1.54) is 0 Å². The maximum Gasteiger partial charge on any atom is 0.251 e. The van der Waals surface area contributed by atoms with Crippen LogP contribution in [-0.2, 0) is 9.59 Å². The lowest BCUT2D eigenvalue weighted by Gasteiger charge is -2.01. The van der Waals surface area contributed by atoms with Crippen molar-refractivity contribution in [3.63, 3.8) is 0 Å². The molecule has 0 aliphatic heterocycles. The first-order chi connectivity index (χ1) is 4.46. The number of ketones is 1. The van der Waals surface area contributed by atoms with Gasteiger partial charge in [-0.05, 0) is 6.92 Å². The Hall–Kier alpha value is -0.770. The minimum atomic E-state index is -0.786. The van der Waals surface area contributed by atoms with Gasteiger partial charge in [-0.15, -0.1) is 0 Å². The van der Waals surface area contributed by atoms with Gasteiger partial charge in [0.2, 0.25) is 0 Å². The Labute approximate surface area is 64.7 Å². The SMILES string of the molecule is C=C(C(N)=O)C(=O)C(C)S. The zero-order chi connectivity index (χ0) is 8.31. The molecule has 1 unspecified atom stereocenters. The number of carbonyl (C=O) groups is 2. The summed E-state index contributed by atoms with van der Waals surface area (Å²) in [5.74, 6) is -1.21. The molecule has 56 valence electrons. The number of thiol groups is 1. The molecule has 0 aromatic heterocycles. The summed E-state index contributed by atoms with van der Waals surface area (Å²) in [6.07, 6.45) is 0. The van der Waals surface area contributed by atoms with Crippen LogP contribution < -0.4 is 5.73 Å². The molecule has 10 heavy (non-hydrogen) atoms. The summed E-state index contributed by atoms with van der Waals surface area (Å²) in [7, 11) is 0. The Bertz CT molecular complexity index is 186. The number of amides is 1. The highest BCUT2D eigenvalue weighted by molar-refractivity contribution is 7.81. The van der Waals surface area contributed by atoms with E-state index in [1.54, 1.807) is 6.92 Å². The fraction of sp³-hybridized carbons (Fsp3) is 0.333. The molecule has 0 aliphatic rings. The standard InChI is InChI=1S/C6H9NO2S/c1-3(6(7)9)5(8)4(2)10/h4,10H,1H2,2H3,(H2,7,9). The van der Waals surface area contributed by atoms with Crippen molar-refractivity contribution in [1.29, 1.82) is 0 Å². The summed E-state index contributed by atoms with van der Waals surface area (Å²) in [6.45, 7) is 4.76. The number of nitrogens with two attached hydrogens (primary N) is 1. The van der Waals surface area contributed by atoms with Gasteiger partial charge in [0.15, 0.2) is 5.78 Å². The molecule has 3 nitrogen and oxygen atoms in total. The molecule has 0 rings (SSSR count). The first-order valence-corrected chi connectivity index (χ1v) is 3.19. The van der Waals surface area contributed by atoms with Crippen LogP contribution in [0.15, 0.2) is 12.2 Å². The minimum absolute atomic E-state index is 0.192. The molecule has 0 heterocycles. The first-order valence-electron chi connectivity index (χ1n) is 2.67. The average Bonchev–Trinajstić information content (AvgIpc) is 1.84. The molecular weight excluding hydrogens is 150 g/mol. The van der Waals surface area contributed by atoms with Crippen molar-refractivity contribution in [3.05, 3.63) is 12.2 Å². The monoisotopic (exact) mass is 159 g/mol. The van der Waals surface area contributed by atoms with E-state index in [4.69, 9.17) is 5.73 Å². The molecule has 0 aromatic carbocycles. The molecular formula is C6H9NO2S. The van der Waals surface area contributed by atoms with Crippen LogP contribution in [0.5, 0.6) is 0 Å². The van der Waals surface area contributed by atoms with Gasteiger partial charge >= 0.3 is 0 Å². The van der Waals surface area contributed by atoms with Crippen molar-refractivity contribution in [2.24, 2.45) is 5.73 Å². The van der Waals surface area contributed by atoms with Crippen molar-refractivity contribution in [2.75, 3.05) is 0 Å². The molecule has 0 radical (unpaired) electrons. The zero-order valence-corrected chi connectivity index (χ0v) is 6.52. The highest BCUT2D eigenvalue weighted by Crippen LogP contribution is 2.01. The lowest BCUT2D eigenvalue weighted by atomic mass is 10.1. The Morgan fingerprint density at radius 2 is 2.00 bits per heavy atom. The molecule has 0 spiro atoms. The fourth-order valence-corrected chi connectivity index (χ4v) is 0.529. The number of hydrogen-bond donors (Lipinski definition) is 2. The van der Waals surface area contributed by atoms with Crippen LogP contribution in [0.25, 0.3) is 0 Å². The van der Waals surface area contributed by atoms with Crippen LogP contribution in [0.4, 0.5) is 0 Å². The molecule has 0 bridgehead atoms. The minimum Gasteiger partial charge on any atom is -0.366 e. The Balaban J connectivity index is 4.24. The van der Waals surface area contributed by atoms with Gasteiger partial charge in [0.1, 0.15) is 0 Å². The molecule has 4 heteroatoms. The largest absolute Gasteiger partial charge is 0.366 e. The third-order valence-corrected chi connectivity index (χ3v) is 1.21. The van der Waals surface area contributed by atoms with Crippen LogP contribution in [-0.4, -0.2) is 16.9 Å². The van der Waals surface area contributed by atoms with Gasteiger partial charge in [0.25, 0.3) is 5.91 Å². The summed E-state index contributed by atoms with van der Waals surface area (Å²) in [6, 6.07) is 0. The average molecular weight is 159 g/mol. The second kappa shape index (κ2) is 3.41. The van der Waals surface area contributed by atoms with E-state index < -0.39 is 16.9 Å². The van der Waals surface area contributed by atoms with Gasteiger partial charge in [0, 0.05) is 0 Å². The summed E-state index contributed by atoms with van der Waals surface area (Å²) in [5, 5.41) is -0.514. The molecule has 1 atom stereocenters. The second-order valence-electron chi connectivity index (χ2n) is 1.88. The Morgan fingerprint density at radius 3 is 2.10 bits per heavy atom. The van der Waals surface area contributed by atoms with Gasteiger partial charge in [0.05, 0.1) is 10.8 Å². The van der Waals surface area contributed by atoms with Gasteiger partial charge < -0.3 is 5.73 Å². The van der Waals surface area contributed by atoms with Gasteiger partial charge in [-0.2, -0.15) is 12.6 Å². The first kappa shape index (κ1) is 9.23. The van der Waals surface area contributed by atoms with Crippen molar-refractivity contribution < 1.29 is 9.59 Å². The maximum absolute atomic E-state index is 10.8. The molecule has 1 amide bonds. The Kier molecular flexibility index (Phi) is 3.15. The van der Waals surface area contributed by atoms with Gasteiger partial charge in [-0.3, -0.25) is 9.59 Å². The number of hydrogen-bond acceptors (Lipinski definition) is 3. The summed E-state index contributed by atoms with van der Waals surface area (Å²) in [5.41, 5.74) is 4.59. The maximum atomic E-state index is 10.8. The third kappa shape index (κ3) is 2.23. The van der Waals surface area contributed by atoms with E-state index in [0.29, 0.717) is 0 Å². The number of carbonyl (C=O) groups excluding carboxylic acids is 2. The van der Waals surface area contributed by atoms with Crippen LogP contribution in [0.3, 0.4) is 0 Å². The van der Waals surface area contributed by atoms with Gasteiger partial charge in [-0.1, -0.05) is 6.58 Å². The zero-order valence-electron chi connectivity index (χ0n) is 5.63. The molecule has 0 aromatic rings. The predicted molar refractivity (Wildman–Crippen MR) is 41.8 cm³/mol. The number of Topliss-reactive ketones (excluding diaryl/α,β-unsaturated/α-hetero) is 1. The van der Waals surface area contributed by atoms with Gasteiger partial charge in [-0.25, -0.2) is 0 Å². The molecule has 0 aliphatic carbocycles. The van der Waals surface area contributed by atoms with E-state index in [-0.39, 0.29) is 5.57 Å². The smallest absolute Gasteiger partial charge is 0.251 e. The quantitative estimate of drug-likeness (QED) is 0.262. The molecule has 2 N–H and O–H groups in total. The topological polar surface area (TPSA) is 60.2 Å². The molecule has 0 fully saturated rings. The van der Waals surface area contributed by atoms with Crippen LogP contribution in [0.2, 0.25) is 0 Å². The van der Waals surface area contributed by atoms with Crippen LogP contribution in [0, 0.1) is 0 Å². The van der Waals surface area contributed by atoms with Crippen molar-refractivity contribution in [3.8, 4) is 0 Å². The number of rotatable bonds is 3. The lowest BCUT2D eigenvalue weighted by Crippen LogP contribution is -2.24. The van der Waals surface area contributed by atoms with Crippen LogP contribution in [0.1, 0.15) is 6.92 Å². The summed E-state index contributed by atoms with van der Waals surface area (Å²) in [4.78, 5) is 21.1. The summed E-state index contributed by atoms with van der Waals surface area (Å²) < 4.78 is 0. The highest BCUT2D eigenvalue weighted by Gasteiger charge is 2.15. The second-order valence-corrected chi connectivity index (χ2v) is 2.66. The third-order valence-electron chi connectivity index (χ3n) is 0.974. The van der Waals surface area contributed by atoms with E-state index in [9.17, 15) is 9.59 Å². The molecule has 0 saturated carbocycles. The van der Waals surface area contributed by atoms with Crippen molar-refractivity contribution in [1.82, 2.24) is 0 Å². The highest BCUT2D eigenvalue weighted by atomic mass is 32.1. The van der Waals surface area contributed by atoms with Crippen molar-refractivity contribution in [2.45, 2.75) is 12.2 Å². The predicted octanol–water partition coefficient (Wildman–Crippen LogP) is -0.0847. The van der Waals surface area contributed by atoms with E-state index in [0.717, 1.165) is 0 Å². The fourth-order valence-electron chi connectivity index (χ4n) is 0.374. The van der Waals surface area contributed by atoms with E-state index in [2.05, 4.69) is 19.2 Å². The summed E-state index contributed by atoms with van der Waals surface area (Å²) >= 11 is 3.81. The van der Waals surface area contributed by atoms with E-state index in [1.807, 2.05) is 0 Å².